The molecule has 3 rings (SSSR count). The number of hydrogen-bond acceptors (Lipinski definition) is 3. The number of rotatable bonds is 2. The summed E-state index contributed by atoms with van der Waals surface area (Å²) in [6, 6.07) is 4.06. The van der Waals surface area contributed by atoms with Crippen molar-refractivity contribution >= 4 is 11.3 Å². The number of thiophene rings is 1. The average molecular weight is 236 g/mol. The molecule has 3 unspecified atom stereocenters. The molecule has 2 N–H and O–H groups in total. The highest BCUT2D eigenvalue weighted by Gasteiger charge is 2.40. The summed E-state index contributed by atoms with van der Waals surface area (Å²) in [4.78, 5) is 2.58. The Kier molecular flexibility index (Phi) is 2.78. The SMILES string of the molecule is CN1C2CCC1CC(C(N)c1ccsc1)C2. The van der Waals surface area contributed by atoms with Crippen molar-refractivity contribution in [2.24, 2.45) is 11.7 Å². The Labute approximate surface area is 101 Å². The molecule has 88 valence electrons. The quantitative estimate of drug-likeness (QED) is 0.855. The molecule has 16 heavy (non-hydrogen) atoms. The molecule has 0 saturated carbocycles. The van der Waals surface area contributed by atoms with E-state index in [1.165, 1.54) is 31.2 Å². The first kappa shape index (κ1) is 10.8. The predicted octanol–water partition coefficient (Wildman–Crippen LogP) is 2.62. The molecule has 0 aromatic carbocycles. The van der Waals surface area contributed by atoms with Gasteiger partial charge in [-0.15, -0.1) is 0 Å². The molecule has 3 heteroatoms. The summed E-state index contributed by atoms with van der Waals surface area (Å²) in [6.07, 6.45) is 5.36. The first-order chi connectivity index (χ1) is 7.75. The fourth-order valence-corrected chi connectivity index (χ4v) is 4.19. The van der Waals surface area contributed by atoms with Gasteiger partial charge in [0, 0.05) is 18.1 Å². The van der Waals surface area contributed by atoms with Crippen molar-refractivity contribution in [3.05, 3.63) is 22.4 Å². The molecule has 2 bridgehead atoms. The molecule has 0 amide bonds. The maximum absolute atomic E-state index is 6.40. The van der Waals surface area contributed by atoms with Crippen molar-refractivity contribution in [3.8, 4) is 0 Å². The Morgan fingerprint density at radius 2 is 2.06 bits per heavy atom. The van der Waals surface area contributed by atoms with Gasteiger partial charge in [0.1, 0.15) is 0 Å². The van der Waals surface area contributed by atoms with Gasteiger partial charge < -0.3 is 10.6 Å². The van der Waals surface area contributed by atoms with Crippen molar-refractivity contribution in [3.63, 3.8) is 0 Å². The fourth-order valence-electron chi connectivity index (χ4n) is 3.48. The molecule has 3 heterocycles. The highest BCUT2D eigenvalue weighted by Crippen LogP contribution is 2.41. The predicted molar refractivity (Wildman–Crippen MR) is 68.5 cm³/mol. The van der Waals surface area contributed by atoms with Gasteiger partial charge in [0.25, 0.3) is 0 Å². The average Bonchev–Trinajstić information content (AvgIpc) is 2.85. The summed E-state index contributed by atoms with van der Waals surface area (Å²) in [5.74, 6) is 0.698. The molecule has 0 aliphatic carbocycles. The van der Waals surface area contributed by atoms with E-state index in [4.69, 9.17) is 5.73 Å². The van der Waals surface area contributed by atoms with E-state index >= 15 is 0 Å². The second-order valence-electron chi connectivity index (χ2n) is 5.36. The molecule has 1 aromatic rings. The minimum atomic E-state index is 0.267. The van der Waals surface area contributed by atoms with Crippen LogP contribution in [-0.2, 0) is 0 Å². The highest BCUT2D eigenvalue weighted by atomic mass is 32.1. The monoisotopic (exact) mass is 236 g/mol. The molecular formula is C13H20N2S. The van der Waals surface area contributed by atoms with Crippen LogP contribution in [0.1, 0.15) is 37.3 Å². The molecule has 0 spiro atoms. The normalized spacial score (nSPS) is 36.5. The van der Waals surface area contributed by atoms with Crippen LogP contribution in [0.5, 0.6) is 0 Å². The van der Waals surface area contributed by atoms with Crippen LogP contribution in [0.15, 0.2) is 16.8 Å². The lowest BCUT2D eigenvalue weighted by molar-refractivity contribution is 0.121. The van der Waals surface area contributed by atoms with Crippen LogP contribution in [0, 0.1) is 5.92 Å². The van der Waals surface area contributed by atoms with Crippen molar-refractivity contribution in [2.75, 3.05) is 7.05 Å². The Hall–Kier alpha value is -0.380. The third kappa shape index (κ3) is 1.71. The van der Waals surface area contributed by atoms with E-state index < -0.39 is 0 Å². The van der Waals surface area contributed by atoms with Crippen LogP contribution in [0.4, 0.5) is 0 Å². The van der Waals surface area contributed by atoms with Gasteiger partial charge in [-0.1, -0.05) is 0 Å². The molecule has 1 aromatic heterocycles. The Bertz CT molecular complexity index is 335. The molecule has 2 aliphatic rings. The van der Waals surface area contributed by atoms with E-state index in [0.717, 1.165) is 12.1 Å². The zero-order chi connectivity index (χ0) is 11.1. The summed E-state index contributed by atoms with van der Waals surface area (Å²) in [6.45, 7) is 0. The van der Waals surface area contributed by atoms with Crippen LogP contribution >= 0.6 is 11.3 Å². The minimum Gasteiger partial charge on any atom is -0.324 e. The summed E-state index contributed by atoms with van der Waals surface area (Å²) in [7, 11) is 2.29. The maximum Gasteiger partial charge on any atom is 0.0332 e. The number of hydrogen-bond donors (Lipinski definition) is 1. The fraction of sp³-hybridized carbons (Fsp3) is 0.692. The summed E-state index contributed by atoms with van der Waals surface area (Å²) in [5.41, 5.74) is 7.75. The van der Waals surface area contributed by atoms with Gasteiger partial charge in [-0.3, -0.25) is 0 Å². The zero-order valence-electron chi connectivity index (χ0n) is 9.80. The lowest BCUT2D eigenvalue weighted by Gasteiger charge is -2.38. The molecule has 2 nitrogen and oxygen atoms in total. The maximum atomic E-state index is 6.40. The second-order valence-corrected chi connectivity index (χ2v) is 6.14. The lowest BCUT2D eigenvalue weighted by atomic mass is 9.83. The van der Waals surface area contributed by atoms with Gasteiger partial charge in [-0.05, 0) is 61.0 Å². The largest absolute Gasteiger partial charge is 0.324 e. The van der Waals surface area contributed by atoms with E-state index in [1.807, 2.05) is 0 Å². The molecule has 2 saturated heterocycles. The first-order valence-corrected chi connectivity index (χ1v) is 7.19. The van der Waals surface area contributed by atoms with Crippen LogP contribution in [-0.4, -0.2) is 24.0 Å². The number of piperidine rings is 1. The van der Waals surface area contributed by atoms with E-state index in [9.17, 15) is 0 Å². The van der Waals surface area contributed by atoms with Crippen molar-refractivity contribution in [2.45, 2.75) is 43.8 Å². The van der Waals surface area contributed by atoms with E-state index in [2.05, 4.69) is 28.8 Å². The minimum absolute atomic E-state index is 0.267. The standard InChI is InChI=1S/C13H20N2S/c1-15-11-2-3-12(15)7-10(6-11)13(14)9-4-5-16-8-9/h4-5,8,10-13H,2-3,6-7,14H2,1H3. The lowest BCUT2D eigenvalue weighted by Crippen LogP contribution is -2.42. The van der Waals surface area contributed by atoms with E-state index in [1.54, 1.807) is 11.3 Å². The van der Waals surface area contributed by atoms with Gasteiger partial charge >= 0.3 is 0 Å². The molecule has 3 atom stereocenters. The first-order valence-electron chi connectivity index (χ1n) is 6.25. The topological polar surface area (TPSA) is 29.3 Å². The van der Waals surface area contributed by atoms with Crippen LogP contribution < -0.4 is 5.73 Å². The van der Waals surface area contributed by atoms with Crippen LogP contribution in [0.3, 0.4) is 0 Å². The summed E-state index contributed by atoms with van der Waals surface area (Å²) in [5, 5.41) is 4.35. The summed E-state index contributed by atoms with van der Waals surface area (Å²) < 4.78 is 0. The molecule has 0 radical (unpaired) electrons. The third-order valence-corrected chi connectivity index (χ3v) is 5.27. The van der Waals surface area contributed by atoms with Crippen molar-refractivity contribution in [1.82, 2.24) is 4.90 Å². The number of nitrogens with zero attached hydrogens (tertiary/aromatic N) is 1. The number of fused-ring (bicyclic) bond motifs is 2. The molecular weight excluding hydrogens is 216 g/mol. The Morgan fingerprint density at radius 1 is 1.38 bits per heavy atom. The zero-order valence-corrected chi connectivity index (χ0v) is 10.6. The van der Waals surface area contributed by atoms with Gasteiger partial charge in [-0.2, -0.15) is 11.3 Å². The summed E-state index contributed by atoms with van der Waals surface area (Å²) >= 11 is 1.76. The number of nitrogens with two attached hydrogens (primary N) is 1. The van der Waals surface area contributed by atoms with Gasteiger partial charge in [-0.25, -0.2) is 0 Å². The Balaban J connectivity index is 1.73. The van der Waals surface area contributed by atoms with E-state index in [-0.39, 0.29) is 6.04 Å². The highest BCUT2D eigenvalue weighted by molar-refractivity contribution is 7.07. The molecule has 2 fully saturated rings. The molecule has 2 aliphatic heterocycles. The van der Waals surface area contributed by atoms with E-state index in [0.29, 0.717) is 5.92 Å². The van der Waals surface area contributed by atoms with Crippen LogP contribution in [0.2, 0.25) is 0 Å². The van der Waals surface area contributed by atoms with Gasteiger partial charge in [0.15, 0.2) is 0 Å². The van der Waals surface area contributed by atoms with Crippen molar-refractivity contribution in [1.29, 1.82) is 0 Å². The van der Waals surface area contributed by atoms with Crippen LogP contribution in [0.25, 0.3) is 0 Å². The smallest absolute Gasteiger partial charge is 0.0332 e. The third-order valence-electron chi connectivity index (χ3n) is 4.57. The van der Waals surface area contributed by atoms with Gasteiger partial charge in [0.05, 0.1) is 0 Å². The Morgan fingerprint density at radius 3 is 2.62 bits per heavy atom. The van der Waals surface area contributed by atoms with Gasteiger partial charge in [0.2, 0.25) is 0 Å². The second kappa shape index (κ2) is 4.13. The van der Waals surface area contributed by atoms with Crippen molar-refractivity contribution < 1.29 is 0 Å².